The van der Waals surface area contributed by atoms with E-state index in [-0.39, 0.29) is 5.63 Å². The highest BCUT2D eigenvalue weighted by Crippen LogP contribution is 2.26. The second-order valence-corrected chi connectivity index (χ2v) is 4.51. The van der Waals surface area contributed by atoms with Crippen LogP contribution in [-0.2, 0) is 0 Å². The number of halogens is 1. The molecule has 3 heteroatoms. The van der Waals surface area contributed by atoms with E-state index >= 15 is 0 Å². The molecule has 0 bridgehead atoms. The molecule has 1 aromatic heterocycles. The molecule has 0 N–H and O–H groups in total. The molecule has 0 aliphatic heterocycles. The predicted octanol–water partition coefficient (Wildman–Crippen LogP) is 3.71. The van der Waals surface area contributed by atoms with E-state index in [1.54, 1.807) is 6.07 Å². The summed E-state index contributed by atoms with van der Waals surface area (Å²) >= 11 is 3.43. The van der Waals surface area contributed by atoms with E-state index < -0.39 is 0 Å². The molecule has 0 saturated heterocycles. The Labute approximate surface area is 99.6 Å². The SMILES string of the molecule is O=c1ccc2c(ccc3cc(Br)ccc32)o1. The summed E-state index contributed by atoms with van der Waals surface area (Å²) in [5.74, 6) is 0. The second kappa shape index (κ2) is 3.46. The molecule has 3 aromatic rings. The van der Waals surface area contributed by atoms with Gasteiger partial charge in [0.2, 0.25) is 0 Å². The zero-order valence-electron chi connectivity index (χ0n) is 8.24. The Morgan fingerprint density at radius 2 is 1.75 bits per heavy atom. The number of rotatable bonds is 0. The molecule has 0 aliphatic carbocycles. The van der Waals surface area contributed by atoms with E-state index in [4.69, 9.17) is 4.42 Å². The van der Waals surface area contributed by atoms with Gasteiger partial charge in [0.25, 0.3) is 0 Å². The predicted molar refractivity (Wildman–Crippen MR) is 67.7 cm³/mol. The maximum Gasteiger partial charge on any atom is 0.336 e. The molecule has 0 spiro atoms. The van der Waals surface area contributed by atoms with Crippen LogP contribution in [0.5, 0.6) is 0 Å². The molecule has 0 amide bonds. The lowest BCUT2D eigenvalue weighted by molar-refractivity contribution is 0.561. The molecular formula is C13H7BrO2. The quantitative estimate of drug-likeness (QED) is 0.462. The number of benzene rings is 2. The lowest BCUT2D eigenvalue weighted by Crippen LogP contribution is -1.94. The standard InChI is InChI=1S/C13H7BrO2/c14-9-2-3-10-8(7-9)1-5-12-11(10)4-6-13(15)16-12/h1-7H. The maximum absolute atomic E-state index is 11.1. The van der Waals surface area contributed by atoms with Gasteiger partial charge in [-0.1, -0.05) is 28.1 Å². The Balaban J connectivity index is 2.54. The van der Waals surface area contributed by atoms with E-state index in [1.807, 2.05) is 30.3 Å². The van der Waals surface area contributed by atoms with Gasteiger partial charge in [-0.3, -0.25) is 0 Å². The summed E-state index contributed by atoms with van der Waals surface area (Å²) in [5, 5.41) is 3.17. The Hall–Kier alpha value is -1.61. The summed E-state index contributed by atoms with van der Waals surface area (Å²) < 4.78 is 6.17. The first-order valence-corrected chi connectivity index (χ1v) is 5.65. The van der Waals surface area contributed by atoms with Gasteiger partial charge in [0.1, 0.15) is 5.58 Å². The largest absolute Gasteiger partial charge is 0.423 e. The van der Waals surface area contributed by atoms with E-state index in [0.29, 0.717) is 5.58 Å². The summed E-state index contributed by atoms with van der Waals surface area (Å²) in [6.45, 7) is 0. The molecule has 0 fully saturated rings. The van der Waals surface area contributed by atoms with Crippen molar-refractivity contribution in [2.24, 2.45) is 0 Å². The third-order valence-electron chi connectivity index (χ3n) is 2.58. The van der Waals surface area contributed by atoms with Gasteiger partial charge in [-0.2, -0.15) is 0 Å². The third-order valence-corrected chi connectivity index (χ3v) is 3.07. The smallest absolute Gasteiger partial charge is 0.336 e. The molecule has 16 heavy (non-hydrogen) atoms. The number of hydrogen-bond acceptors (Lipinski definition) is 2. The van der Waals surface area contributed by atoms with Crippen molar-refractivity contribution in [2.75, 3.05) is 0 Å². The average molecular weight is 275 g/mol. The van der Waals surface area contributed by atoms with Crippen molar-refractivity contribution in [3.63, 3.8) is 0 Å². The topological polar surface area (TPSA) is 30.2 Å². The first-order chi connectivity index (χ1) is 7.74. The first-order valence-electron chi connectivity index (χ1n) is 4.86. The van der Waals surface area contributed by atoms with Crippen molar-refractivity contribution in [1.29, 1.82) is 0 Å². The van der Waals surface area contributed by atoms with Gasteiger partial charge in [0.05, 0.1) is 0 Å². The van der Waals surface area contributed by atoms with Crippen LogP contribution in [0.1, 0.15) is 0 Å². The molecular weight excluding hydrogens is 268 g/mol. The van der Waals surface area contributed by atoms with Crippen LogP contribution in [0.3, 0.4) is 0 Å². The normalized spacial score (nSPS) is 11.1. The Morgan fingerprint density at radius 3 is 2.62 bits per heavy atom. The van der Waals surface area contributed by atoms with Gasteiger partial charge in [-0.05, 0) is 35.0 Å². The Bertz CT molecular complexity index is 744. The molecule has 2 aromatic carbocycles. The van der Waals surface area contributed by atoms with E-state index in [2.05, 4.69) is 15.9 Å². The van der Waals surface area contributed by atoms with Crippen molar-refractivity contribution in [1.82, 2.24) is 0 Å². The zero-order chi connectivity index (χ0) is 11.1. The molecule has 3 rings (SSSR count). The number of hydrogen-bond donors (Lipinski definition) is 0. The van der Waals surface area contributed by atoms with Crippen molar-refractivity contribution < 1.29 is 4.42 Å². The third kappa shape index (κ3) is 1.44. The molecule has 0 radical (unpaired) electrons. The summed E-state index contributed by atoms with van der Waals surface area (Å²) in [5.41, 5.74) is 0.311. The first kappa shape index (κ1) is 9.60. The van der Waals surface area contributed by atoms with Crippen LogP contribution in [0.25, 0.3) is 21.7 Å². The number of fused-ring (bicyclic) bond motifs is 3. The molecule has 0 atom stereocenters. The van der Waals surface area contributed by atoms with Gasteiger partial charge in [-0.25, -0.2) is 4.79 Å². The van der Waals surface area contributed by atoms with E-state index in [1.165, 1.54) is 6.07 Å². The molecule has 2 nitrogen and oxygen atoms in total. The van der Waals surface area contributed by atoms with Crippen molar-refractivity contribution in [3.8, 4) is 0 Å². The minimum atomic E-state index is -0.316. The van der Waals surface area contributed by atoms with Crippen LogP contribution in [-0.4, -0.2) is 0 Å². The summed E-state index contributed by atoms with van der Waals surface area (Å²) in [7, 11) is 0. The monoisotopic (exact) mass is 274 g/mol. The summed E-state index contributed by atoms with van der Waals surface area (Å²) in [4.78, 5) is 11.1. The average Bonchev–Trinajstić information content (AvgIpc) is 2.28. The minimum absolute atomic E-state index is 0.316. The highest BCUT2D eigenvalue weighted by atomic mass is 79.9. The van der Waals surface area contributed by atoms with Crippen molar-refractivity contribution >= 4 is 37.7 Å². The highest BCUT2D eigenvalue weighted by molar-refractivity contribution is 9.10. The van der Waals surface area contributed by atoms with E-state index in [9.17, 15) is 4.79 Å². The minimum Gasteiger partial charge on any atom is -0.423 e. The summed E-state index contributed by atoms with van der Waals surface area (Å²) in [6.07, 6.45) is 0. The van der Waals surface area contributed by atoms with Crippen molar-refractivity contribution in [3.05, 3.63) is 57.4 Å². The fraction of sp³-hybridized carbons (Fsp3) is 0. The van der Waals surface area contributed by atoms with Crippen LogP contribution in [0, 0.1) is 0 Å². The van der Waals surface area contributed by atoms with Gasteiger partial charge in [0, 0.05) is 15.9 Å². The molecule has 1 heterocycles. The lowest BCUT2D eigenvalue weighted by Gasteiger charge is -2.02. The van der Waals surface area contributed by atoms with Gasteiger partial charge >= 0.3 is 5.63 Å². The van der Waals surface area contributed by atoms with Gasteiger partial charge in [0.15, 0.2) is 0 Å². The molecule has 78 valence electrons. The summed E-state index contributed by atoms with van der Waals surface area (Å²) in [6, 6.07) is 13.1. The molecule has 0 aliphatic rings. The lowest BCUT2D eigenvalue weighted by atomic mass is 10.1. The fourth-order valence-corrected chi connectivity index (χ4v) is 2.24. The molecule has 0 saturated carbocycles. The highest BCUT2D eigenvalue weighted by Gasteiger charge is 2.02. The Morgan fingerprint density at radius 1 is 0.938 bits per heavy atom. The van der Waals surface area contributed by atoms with Crippen LogP contribution >= 0.6 is 15.9 Å². The van der Waals surface area contributed by atoms with E-state index in [0.717, 1.165) is 20.6 Å². The maximum atomic E-state index is 11.1. The van der Waals surface area contributed by atoms with Crippen LogP contribution in [0.15, 0.2) is 56.1 Å². The van der Waals surface area contributed by atoms with Crippen molar-refractivity contribution in [2.45, 2.75) is 0 Å². The van der Waals surface area contributed by atoms with Crippen LogP contribution in [0.2, 0.25) is 0 Å². The van der Waals surface area contributed by atoms with Gasteiger partial charge in [-0.15, -0.1) is 0 Å². The van der Waals surface area contributed by atoms with Crippen LogP contribution < -0.4 is 5.63 Å². The Kier molecular flexibility index (Phi) is 2.07. The fourth-order valence-electron chi connectivity index (χ4n) is 1.86. The second-order valence-electron chi connectivity index (χ2n) is 3.60. The molecule has 0 unspecified atom stereocenters. The van der Waals surface area contributed by atoms with Gasteiger partial charge < -0.3 is 4.42 Å². The van der Waals surface area contributed by atoms with Crippen LogP contribution in [0.4, 0.5) is 0 Å². The zero-order valence-corrected chi connectivity index (χ0v) is 9.82.